The van der Waals surface area contributed by atoms with E-state index in [-0.39, 0.29) is 38.8 Å². The van der Waals surface area contributed by atoms with Crippen LogP contribution >= 0.6 is 23.2 Å². The van der Waals surface area contributed by atoms with Gasteiger partial charge in [0.25, 0.3) is 0 Å². The van der Waals surface area contributed by atoms with Crippen molar-refractivity contribution in [1.29, 1.82) is 0 Å². The molecule has 1 aromatic carbocycles. The molecular formula is C18H16Cl2N2O5S2. The van der Waals surface area contributed by atoms with E-state index in [2.05, 4.69) is 4.98 Å². The van der Waals surface area contributed by atoms with Gasteiger partial charge in [0.2, 0.25) is 10.0 Å². The van der Waals surface area contributed by atoms with Crippen LogP contribution in [-0.2, 0) is 25.6 Å². The topological polar surface area (TPSA) is 105 Å². The summed E-state index contributed by atoms with van der Waals surface area (Å²) in [5.74, 6) is -0.887. The van der Waals surface area contributed by atoms with Gasteiger partial charge in [0.15, 0.2) is 15.6 Å². The Morgan fingerprint density at radius 3 is 2.52 bits per heavy atom. The fourth-order valence-corrected chi connectivity index (χ4v) is 7.20. The van der Waals surface area contributed by atoms with Crippen LogP contribution in [0.5, 0.6) is 0 Å². The molecule has 1 aromatic heterocycles. The van der Waals surface area contributed by atoms with E-state index in [1.54, 1.807) is 12.1 Å². The van der Waals surface area contributed by atoms with Gasteiger partial charge in [-0.3, -0.25) is 9.29 Å². The Balaban J connectivity index is 2.00. The van der Waals surface area contributed by atoms with E-state index in [9.17, 15) is 21.9 Å². The number of hydrogen-bond donors (Lipinski definition) is 1. The first-order valence-electron chi connectivity index (χ1n) is 8.60. The van der Waals surface area contributed by atoms with Gasteiger partial charge in [-0.2, -0.15) is 0 Å². The van der Waals surface area contributed by atoms with Crippen LogP contribution in [0.25, 0.3) is 10.7 Å². The second-order valence-electron chi connectivity index (χ2n) is 7.00. The molecule has 29 heavy (non-hydrogen) atoms. The Labute approximate surface area is 178 Å². The Bertz CT molecular complexity index is 1270. The van der Waals surface area contributed by atoms with E-state index < -0.39 is 30.5 Å². The lowest BCUT2D eigenvalue weighted by atomic mass is 10.1. The summed E-state index contributed by atoms with van der Waals surface area (Å²) < 4.78 is 51.8. The number of sulfonamides is 1. The number of pyridine rings is 1. The molecule has 4 rings (SSSR count). The lowest BCUT2D eigenvalue weighted by molar-refractivity contribution is 0.508. The highest BCUT2D eigenvalue weighted by Crippen LogP contribution is 2.47. The van der Waals surface area contributed by atoms with Gasteiger partial charge in [0.1, 0.15) is 10.6 Å². The molecule has 0 bridgehead atoms. The van der Waals surface area contributed by atoms with Crippen molar-refractivity contribution in [1.82, 2.24) is 4.98 Å². The second kappa shape index (κ2) is 6.87. The van der Waals surface area contributed by atoms with Crippen LogP contribution < -0.4 is 4.31 Å². The molecule has 1 aliphatic heterocycles. The molecular weight excluding hydrogens is 459 g/mol. The summed E-state index contributed by atoms with van der Waals surface area (Å²) in [6.07, 6.45) is 3.78. The number of aliphatic hydroxyl groups is 1. The number of aromatic nitrogens is 1. The Hall–Kier alpha value is -1.81. The minimum Gasteiger partial charge on any atom is -0.504 e. The van der Waals surface area contributed by atoms with Gasteiger partial charge < -0.3 is 5.11 Å². The highest BCUT2D eigenvalue weighted by atomic mass is 35.5. The first kappa shape index (κ1) is 20.5. The molecule has 0 saturated heterocycles. The van der Waals surface area contributed by atoms with Gasteiger partial charge in [0, 0.05) is 17.8 Å². The molecule has 1 saturated carbocycles. The first-order chi connectivity index (χ1) is 13.5. The fraction of sp³-hybridized carbons (Fsp3) is 0.278. The molecule has 2 heterocycles. The third-order valence-corrected chi connectivity index (χ3v) is 8.36. The van der Waals surface area contributed by atoms with Crippen LogP contribution in [-0.4, -0.2) is 39.2 Å². The number of hydrogen-bond acceptors (Lipinski definition) is 6. The minimum atomic E-state index is -3.96. The van der Waals surface area contributed by atoms with Gasteiger partial charge in [-0.1, -0.05) is 35.3 Å². The average Bonchev–Trinajstić information content (AvgIpc) is 3.43. The maximum absolute atomic E-state index is 12.9. The summed E-state index contributed by atoms with van der Waals surface area (Å²) in [5, 5.41) is 10.6. The Morgan fingerprint density at radius 2 is 1.90 bits per heavy atom. The fourth-order valence-electron chi connectivity index (χ4n) is 3.44. The van der Waals surface area contributed by atoms with Crippen LogP contribution in [0.4, 0.5) is 5.69 Å². The van der Waals surface area contributed by atoms with E-state index in [1.165, 1.54) is 18.3 Å². The molecule has 7 nitrogen and oxygen atoms in total. The van der Waals surface area contributed by atoms with Crippen molar-refractivity contribution in [2.45, 2.75) is 24.6 Å². The van der Waals surface area contributed by atoms with E-state index >= 15 is 0 Å². The van der Waals surface area contributed by atoms with Crippen LogP contribution in [0, 0.1) is 0 Å². The van der Waals surface area contributed by atoms with Crippen molar-refractivity contribution in [3.05, 3.63) is 57.3 Å². The zero-order valence-electron chi connectivity index (χ0n) is 15.1. The molecule has 0 atom stereocenters. The Morgan fingerprint density at radius 1 is 1.21 bits per heavy atom. The molecule has 1 fully saturated rings. The normalized spacial score (nSPS) is 18.4. The third kappa shape index (κ3) is 3.50. The average molecular weight is 475 g/mol. The van der Waals surface area contributed by atoms with Crippen molar-refractivity contribution < 1.29 is 21.9 Å². The summed E-state index contributed by atoms with van der Waals surface area (Å²) in [6.45, 7) is 0. The SMILES string of the molecule is CS(=O)(=O)N(c1c(Cl)ccc(C2=C(O)c3ncccc3CS2(=O)=O)c1Cl)C1CC1. The van der Waals surface area contributed by atoms with Crippen molar-refractivity contribution in [2.24, 2.45) is 0 Å². The minimum absolute atomic E-state index is 0.0122. The van der Waals surface area contributed by atoms with Crippen molar-refractivity contribution >= 4 is 59.4 Å². The van der Waals surface area contributed by atoms with Crippen LogP contribution in [0.2, 0.25) is 10.0 Å². The smallest absolute Gasteiger partial charge is 0.232 e. The van der Waals surface area contributed by atoms with Crippen molar-refractivity contribution in [3.63, 3.8) is 0 Å². The number of rotatable bonds is 4. The van der Waals surface area contributed by atoms with E-state index in [0.29, 0.717) is 18.4 Å². The number of halogens is 2. The molecule has 1 aliphatic carbocycles. The zero-order chi connectivity index (χ0) is 21.1. The molecule has 154 valence electrons. The molecule has 0 radical (unpaired) electrons. The van der Waals surface area contributed by atoms with Gasteiger partial charge in [-0.25, -0.2) is 16.8 Å². The summed E-state index contributed by atoms with van der Waals surface area (Å²) in [7, 11) is -7.68. The predicted octanol–water partition coefficient (Wildman–Crippen LogP) is 3.63. The maximum Gasteiger partial charge on any atom is 0.232 e. The number of benzene rings is 1. The second-order valence-corrected chi connectivity index (χ2v) is 11.6. The maximum atomic E-state index is 12.9. The number of nitrogens with zero attached hydrogens (tertiary/aromatic N) is 2. The molecule has 2 aliphatic rings. The summed E-state index contributed by atoms with van der Waals surface area (Å²) in [4.78, 5) is 3.68. The zero-order valence-corrected chi connectivity index (χ0v) is 18.3. The van der Waals surface area contributed by atoms with Gasteiger partial charge >= 0.3 is 0 Å². The quantitative estimate of drug-likeness (QED) is 0.724. The van der Waals surface area contributed by atoms with Crippen LogP contribution in [0.3, 0.4) is 0 Å². The van der Waals surface area contributed by atoms with Crippen LogP contribution in [0.1, 0.15) is 29.7 Å². The number of fused-ring (bicyclic) bond motifs is 1. The molecule has 11 heteroatoms. The van der Waals surface area contributed by atoms with E-state index in [1.807, 2.05) is 0 Å². The van der Waals surface area contributed by atoms with Gasteiger partial charge in [-0.15, -0.1) is 0 Å². The summed E-state index contributed by atoms with van der Waals surface area (Å²) in [5.41, 5.74) is 0.508. The van der Waals surface area contributed by atoms with E-state index in [4.69, 9.17) is 23.2 Å². The van der Waals surface area contributed by atoms with Crippen molar-refractivity contribution in [2.75, 3.05) is 10.6 Å². The number of aliphatic hydroxyl groups excluding tert-OH is 1. The standard InChI is InChI=1S/C18H16Cl2N2O5S2/c1-28(24,25)22(11-4-5-11)16-13(19)7-6-12(14(16)20)18-17(23)15-10(3-2-8-21-15)9-29(18,26)27/h2-3,6-8,11,23H,4-5,9H2,1H3. The number of sulfone groups is 1. The number of anilines is 1. The lowest BCUT2D eigenvalue weighted by Crippen LogP contribution is -2.32. The van der Waals surface area contributed by atoms with Gasteiger partial charge in [-0.05, 0) is 30.5 Å². The largest absolute Gasteiger partial charge is 0.504 e. The monoisotopic (exact) mass is 474 g/mol. The van der Waals surface area contributed by atoms with Crippen LogP contribution in [0.15, 0.2) is 30.5 Å². The molecule has 0 spiro atoms. The molecule has 1 N–H and O–H groups in total. The highest BCUT2D eigenvalue weighted by molar-refractivity contribution is 8.00. The molecule has 0 amide bonds. The van der Waals surface area contributed by atoms with E-state index in [0.717, 1.165) is 10.6 Å². The lowest BCUT2D eigenvalue weighted by Gasteiger charge is -2.26. The summed E-state index contributed by atoms with van der Waals surface area (Å²) in [6, 6.07) is 5.60. The predicted molar refractivity (Wildman–Crippen MR) is 113 cm³/mol. The summed E-state index contributed by atoms with van der Waals surface area (Å²) >= 11 is 12.8. The first-order valence-corrected chi connectivity index (χ1v) is 12.9. The highest BCUT2D eigenvalue weighted by Gasteiger charge is 2.40. The Kier molecular flexibility index (Phi) is 4.85. The third-order valence-electron chi connectivity index (χ3n) is 4.75. The van der Waals surface area contributed by atoms with Gasteiger partial charge in [0.05, 0.1) is 27.7 Å². The molecule has 2 aromatic rings. The van der Waals surface area contributed by atoms with Crippen molar-refractivity contribution in [3.8, 4) is 0 Å². The molecule has 0 unspecified atom stereocenters.